The maximum Gasteiger partial charge on any atom is 0.110 e. The molecule has 14 heavy (non-hydrogen) atoms. The quantitative estimate of drug-likeness (QED) is 0.602. The van der Waals surface area contributed by atoms with E-state index in [9.17, 15) is 0 Å². The maximum absolute atomic E-state index is 8.61. The van der Waals surface area contributed by atoms with Crippen LogP contribution in [0.25, 0.3) is 0 Å². The van der Waals surface area contributed by atoms with Crippen molar-refractivity contribution in [3.8, 4) is 17.9 Å². The molecule has 0 fully saturated rings. The fourth-order valence-electron chi connectivity index (χ4n) is 1.02. The maximum atomic E-state index is 8.61. The Balaban J connectivity index is 2.24. The third-order valence-corrected chi connectivity index (χ3v) is 2.66. The molecule has 0 spiro atoms. The van der Waals surface area contributed by atoms with E-state index in [0.29, 0.717) is 0 Å². The molecule has 1 heterocycles. The van der Waals surface area contributed by atoms with Gasteiger partial charge in [0.1, 0.15) is 10.9 Å². The van der Waals surface area contributed by atoms with Gasteiger partial charge in [-0.2, -0.15) is 5.26 Å². The van der Waals surface area contributed by atoms with Crippen molar-refractivity contribution >= 4 is 11.3 Å². The fraction of sp³-hybridized carbons (Fsp3) is 0.364. The van der Waals surface area contributed by atoms with Crippen LogP contribution in [0.1, 0.15) is 23.1 Å². The van der Waals surface area contributed by atoms with Crippen molar-refractivity contribution < 1.29 is 0 Å². The normalized spacial score (nSPS) is 8.86. The van der Waals surface area contributed by atoms with Gasteiger partial charge in [-0.15, -0.1) is 23.2 Å². The second-order valence-electron chi connectivity index (χ2n) is 2.73. The van der Waals surface area contributed by atoms with E-state index in [-0.39, 0.29) is 0 Å². The van der Waals surface area contributed by atoms with Crippen LogP contribution in [-0.4, -0.2) is 6.54 Å². The highest BCUT2D eigenvalue weighted by molar-refractivity contribution is 7.12. The zero-order valence-corrected chi connectivity index (χ0v) is 8.95. The van der Waals surface area contributed by atoms with E-state index in [0.717, 1.165) is 24.4 Å². The van der Waals surface area contributed by atoms with Crippen LogP contribution >= 0.6 is 11.3 Å². The van der Waals surface area contributed by atoms with Crippen LogP contribution in [-0.2, 0) is 6.54 Å². The summed E-state index contributed by atoms with van der Waals surface area (Å²) in [6, 6.07) is 5.97. The van der Waals surface area contributed by atoms with Gasteiger partial charge in [-0.3, -0.25) is 0 Å². The molecule has 0 radical (unpaired) electrons. The topological polar surface area (TPSA) is 35.8 Å². The number of nitriles is 1. The summed E-state index contributed by atoms with van der Waals surface area (Å²) >= 11 is 1.54. The Hall–Kier alpha value is -1.29. The summed E-state index contributed by atoms with van der Waals surface area (Å²) in [5, 5.41) is 11.9. The zero-order chi connectivity index (χ0) is 10.2. The molecule has 0 aliphatic carbocycles. The van der Waals surface area contributed by atoms with Gasteiger partial charge < -0.3 is 5.32 Å². The van der Waals surface area contributed by atoms with Gasteiger partial charge >= 0.3 is 0 Å². The van der Waals surface area contributed by atoms with Gasteiger partial charge in [0, 0.05) is 24.4 Å². The molecule has 0 saturated carbocycles. The number of rotatable bonds is 4. The zero-order valence-electron chi connectivity index (χ0n) is 8.13. The second-order valence-corrected chi connectivity index (χ2v) is 3.90. The monoisotopic (exact) mass is 204 g/mol. The molecular formula is C11H12N2S. The summed E-state index contributed by atoms with van der Waals surface area (Å²) in [4.78, 5) is 1.97. The molecule has 1 aromatic rings. The highest BCUT2D eigenvalue weighted by atomic mass is 32.1. The molecule has 3 heteroatoms. The van der Waals surface area contributed by atoms with Crippen molar-refractivity contribution in [3.05, 3.63) is 21.9 Å². The van der Waals surface area contributed by atoms with Gasteiger partial charge in [-0.05, 0) is 19.1 Å². The van der Waals surface area contributed by atoms with Gasteiger partial charge in [0.2, 0.25) is 0 Å². The summed E-state index contributed by atoms with van der Waals surface area (Å²) in [7, 11) is 0. The van der Waals surface area contributed by atoms with Crippen LogP contribution in [0.3, 0.4) is 0 Å². The first kappa shape index (κ1) is 10.8. The lowest BCUT2D eigenvalue weighted by atomic mass is 10.4. The highest BCUT2D eigenvalue weighted by Gasteiger charge is 1.97. The van der Waals surface area contributed by atoms with Crippen molar-refractivity contribution in [1.82, 2.24) is 5.32 Å². The minimum atomic E-state index is 0.773. The SMILES string of the molecule is CC#CCCNCc1ccc(C#N)s1. The molecule has 0 aromatic carbocycles. The molecule has 2 nitrogen and oxygen atoms in total. The van der Waals surface area contributed by atoms with Gasteiger partial charge in [-0.25, -0.2) is 0 Å². The van der Waals surface area contributed by atoms with Crippen molar-refractivity contribution in [2.45, 2.75) is 19.9 Å². The largest absolute Gasteiger partial charge is 0.311 e. The van der Waals surface area contributed by atoms with Crippen LogP contribution in [0.4, 0.5) is 0 Å². The lowest BCUT2D eigenvalue weighted by Crippen LogP contribution is -2.13. The third-order valence-electron chi connectivity index (χ3n) is 1.67. The van der Waals surface area contributed by atoms with Gasteiger partial charge in [0.05, 0.1) is 0 Å². The molecule has 1 rings (SSSR count). The van der Waals surface area contributed by atoms with Crippen molar-refractivity contribution in [3.63, 3.8) is 0 Å². The molecule has 0 atom stereocenters. The lowest BCUT2D eigenvalue weighted by molar-refractivity contribution is 0.708. The number of hydrogen-bond acceptors (Lipinski definition) is 3. The smallest absolute Gasteiger partial charge is 0.110 e. The molecule has 0 amide bonds. The van der Waals surface area contributed by atoms with E-state index in [1.807, 2.05) is 19.1 Å². The van der Waals surface area contributed by atoms with Crippen LogP contribution < -0.4 is 5.32 Å². The molecule has 1 N–H and O–H groups in total. The van der Waals surface area contributed by atoms with E-state index >= 15 is 0 Å². The van der Waals surface area contributed by atoms with Gasteiger partial charge in [-0.1, -0.05) is 0 Å². The Morgan fingerprint density at radius 3 is 3.00 bits per heavy atom. The first-order valence-corrected chi connectivity index (χ1v) is 5.27. The lowest BCUT2D eigenvalue weighted by Gasteiger charge is -1.97. The predicted octanol–water partition coefficient (Wildman–Crippen LogP) is 2.12. The van der Waals surface area contributed by atoms with E-state index in [1.54, 1.807) is 0 Å². The standard InChI is InChI=1S/C11H12N2S/c1-2-3-4-7-13-9-11-6-5-10(8-12)14-11/h5-6,13H,4,7,9H2,1H3. The van der Waals surface area contributed by atoms with Crippen molar-refractivity contribution in [2.24, 2.45) is 0 Å². The summed E-state index contributed by atoms with van der Waals surface area (Å²) in [6.07, 6.45) is 0.882. The molecule has 0 saturated heterocycles. The van der Waals surface area contributed by atoms with Crippen LogP contribution in [0.15, 0.2) is 12.1 Å². The average Bonchev–Trinajstić information content (AvgIpc) is 2.65. The van der Waals surface area contributed by atoms with E-state index < -0.39 is 0 Å². The summed E-state index contributed by atoms with van der Waals surface area (Å²) in [5.74, 6) is 5.84. The van der Waals surface area contributed by atoms with Crippen LogP contribution in [0.5, 0.6) is 0 Å². The third kappa shape index (κ3) is 3.62. The number of hydrogen-bond donors (Lipinski definition) is 1. The fourth-order valence-corrected chi connectivity index (χ4v) is 1.79. The van der Waals surface area contributed by atoms with Crippen LogP contribution in [0.2, 0.25) is 0 Å². The van der Waals surface area contributed by atoms with E-state index in [2.05, 4.69) is 23.2 Å². The minimum absolute atomic E-state index is 0.773. The Morgan fingerprint density at radius 1 is 1.50 bits per heavy atom. The molecular weight excluding hydrogens is 192 g/mol. The summed E-state index contributed by atoms with van der Waals surface area (Å²) in [5.41, 5.74) is 0. The Morgan fingerprint density at radius 2 is 2.36 bits per heavy atom. The summed E-state index contributed by atoms with van der Waals surface area (Å²) in [6.45, 7) is 3.58. The van der Waals surface area contributed by atoms with E-state index in [4.69, 9.17) is 5.26 Å². The van der Waals surface area contributed by atoms with Gasteiger partial charge in [0.25, 0.3) is 0 Å². The predicted molar refractivity (Wildman–Crippen MR) is 58.8 cm³/mol. The molecule has 0 aliphatic rings. The number of thiophene rings is 1. The molecule has 72 valence electrons. The highest BCUT2D eigenvalue weighted by Crippen LogP contribution is 2.14. The minimum Gasteiger partial charge on any atom is -0.311 e. The molecule has 1 aromatic heterocycles. The van der Waals surface area contributed by atoms with Crippen LogP contribution in [0, 0.1) is 23.2 Å². The average molecular weight is 204 g/mol. The first-order valence-electron chi connectivity index (χ1n) is 4.46. The molecule has 0 unspecified atom stereocenters. The second kappa shape index (κ2) is 6.21. The van der Waals surface area contributed by atoms with Crippen molar-refractivity contribution in [2.75, 3.05) is 6.54 Å². The number of nitrogens with one attached hydrogen (secondary N) is 1. The number of nitrogens with zero attached hydrogens (tertiary/aromatic N) is 1. The Kier molecular flexibility index (Phi) is 4.78. The molecule has 0 aliphatic heterocycles. The Bertz CT molecular complexity index is 376. The molecule has 0 bridgehead atoms. The van der Waals surface area contributed by atoms with Crippen molar-refractivity contribution in [1.29, 1.82) is 5.26 Å². The van der Waals surface area contributed by atoms with E-state index in [1.165, 1.54) is 16.2 Å². The van der Waals surface area contributed by atoms with Gasteiger partial charge in [0.15, 0.2) is 0 Å². The first-order chi connectivity index (χ1) is 6.86. The summed E-state index contributed by atoms with van der Waals surface area (Å²) < 4.78 is 0. The Labute approximate surface area is 88.6 Å².